The van der Waals surface area contributed by atoms with Crippen molar-refractivity contribution >= 4 is 136 Å². The molecule has 16 nitrogen and oxygen atoms in total. The fourth-order valence-electron chi connectivity index (χ4n) is 15.5. The number of anilines is 24. The Kier molecular flexibility index (Phi) is 22.3. The van der Waals surface area contributed by atoms with Gasteiger partial charge in [-0.1, -0.05) is 24.3 Å². The Morgan fingerprint density at radius 1 is 0.133 bits per heavy atom. The zero-order valence-electron chi connectivity index (χ0n) is 67.8. The third kappa shape index (κ3) is 16.0. The van der Waals surface area contributed by atoms with Gasteiger partial charge in [0.15, 0.2) is 0 Å². The van der Waals surface area contributed by atoms with E-state index in [1.165, 1.54) is 0 Å². The standard InChI is InChI=1S/C104H88N8O8/c1-113-97-53-37-81(38-54-97)105(82-39-55-98(114-2)56-40-82)73-21-29-77(30-22-73)109-89-13-9-15-91(69-89)110(78-31-23-74(24-32-78)106(83-41-57-99(115-3)58-42-83)84-43-59-100(116-4)60-44-84)93-17-11-19-95(71-93)112(80-35-27-76(28-36-80)108(87-49-65-103(119-7)66-50-87)88-51-67-104(120-8)68-52-88)96-20-12-18-94(72-96)111(92-16-10-14-90(109)70-92)79-33-25-75(26-34-79)107(85-45-61-101(117-5)62-46-85)86-47-63-102(118-6)64-48-86/h9-72H,1-8H3. The Morgan fingerprint density at radius 3 is 0.350 bits per heavy atom. The Bertz CT molecular complexity index is 5110. The summed E-state index contributed by atoms with van der Waals surface area (Å²) in [5.74, 6) is 6.10. The summed E-state index contributed by atoms with van der Waals surface area (Å²) in [6, 6.07) is 136. The van der Waals surface area contributed by atoms with Crippen LogP contribution >= 0.6 is 0 Å². The molecule has 0 aromatic heterocycles. The fraction of sp³-hybridized carbons (Fsp3) is 0.0769. The molecule has 0 N–H and O–H groups in total. The normalized spacial score (nSPS) is 11.6. The summed E-state index contributed by atoms with van der Waals surface area (Å²) >= 11 is 0. The molecule has 0 saturated carbocycles. The average Bonchev–Trinajstić information content (AvgIpc) is 0.757. The van der Waals surface area contributed by atoms with Gasteiger partial charge in [-0.05, 0) is 364 Å². The molecule has 1 heterocycles. The summed E-state index contributed by atoms with van der Waals surface area (Å²) in [4.78, 5) is 18.4. The van der Waals surface area contributed by atoms with Crippen molar-refractivity contribution in [3.63, 3.8) is 0 Å². The van der Waals surface area contributed by atoms with E-state index in [9.17, 15) is 0 Å². The van der Waals surface area contributed by atoms with Crippen LogP contribution in [0.5, 0.6) is 46.0 Å². The first-order valence-electron chi connectivity index (χ1n) is 39.4. The average molecular weight is 1580 g/mol. The highest BCUT2D eigenvalue weighted by molar-refractivity contribution is 5.93. The van der Waals surface area contributed by atoms with Gasteiger partial charge in [-0.15, -0.1) is 0 Å². The van der Waals surface area contributed by atoms with Gasteiger partial charge in [-0.25, -0.2) is 0 Å². The quantitative estimate of drug-likeness (QED) is 0.0573. The Morgan fingerprint density at radius 2 is 0.242 bits per heavy atom. The van der Waals surface area contributed by atoms with E-state index in [0.717, 1.165) is 182 Å². The predicted octanol–water partition coefficient (Wildman–Crippen LogP) is 27.8. The van der Waals surface area contributed by atoms with Gasteiger partial charge < -0.3 is 77.1 Å². The smallest absolute Gasteiger partial charge is 0.119 e. The molecule has 0 unspecified atom stereocenters. The van der Waals surface area contributed by atoms with E-state index >= 15 is 0 Å². The van der Waals surface area contributed by atoms with Gasteiger partial charge in [0.05, 0.1) is 56.9 Å². The minimum atomic E-state index is 0.763. The van der Waals surface area contributed by atoms with Gasteiger partial charge in [0.1, 0.15) is 46.0 Å². The maximum absolute atomic E-state index is 5.67. The van der Waals surface area contributed by atoms with Crippen molar-refractivity contribution in [3.8, 4) is 46.0 Å². The highest BCUT2D eigenvalue weighted by Gasteiger charge is 2.27. The number of ether oxygens (including phenoxy) is 8. The van der Waals surface area contributed by atoms with Crippen LogP contribution in [-0.4, -0.2) is 56.9 Å². The van der Waals surface area contributed by atoms with E-state index in [1.54, 1.807) is 56.9 Å². The minimum Gasteiger partial charge on any atom is -0.497 e. The van der Waals surface area contributed by atoms with Crippen LogP contribution in [0.3, 0.4) is 0 Å². The van der Waals surface area contributed by atoms with Gasteiger partial charge in [-0.3, -0.25) is 0 Å². The number of fused-ring (bicyclic) bond motifs is 8. The lowest BCUT2D eigenvalue weighted by Gasteiger charge is -2.34. The molecule has 16 heteroatoms. The van der Waals surface area contributed by atoms with E-state index in [-0.39, 0.29) is 0 Å². The molecule has 1 aliphatic rings. The van der Waals surface area contributed by atoms with E-state index in [1.807, 2.05) is 97.1 Å². The number of benzene rings is 16. The van der Waals surface area contributed by atoms with Gasteiger partial charge in [0, 0.05) is 136 Å². The van der Waals surface area contributed by atoms with Crippen LogP contribution in [0.25, 0.3) is 0 Å². The minimum absolute atomic E-state index is 0.763. The zero-order chi connectivity index (χ0) is 82.0. The van der Waals surface area contributed by atoms with Gasteiger partial charge in [0.25, 0.3) is 0 Å². The molecule has 1 aliphatic heterocycles. The monoisotopic (exact) mass is 1580 g/mol. The second kappa shape index (κ2) is 34.8. The summed E-state index contributed by atoms with van der Waals surface area (Å²) in [7, 11) is 13.5. The van der Waals surface area contributed by atoms with Crippen molar-refractivity contribution in [2.24, 2.45) is 0 Å². The molecule has 0 spiro atoms. The molecule has 16 aromatic carbocycles. The molecule has 17 rings (SSSR count). The number of nitrogens with zero attached hydrogens (tertiary/aromatic N) is 8. The van der Waals surface area contributed by atoms with Gasteiger partial charge >= 0.3 is 0 Å². The lowest BCUT2D eigenvalue weighted by Crippen LogP contribution is -2.17. The first-order chi connectivity index (χ1) is 59.1. The Labute approximate surface area is 700 Å². The second-order valence-electron chi connectivity index (χ2n) is 28.4. The molecule has 0 amide bonds. The molecule has 16 aromatic rings. The van der Waals surface area contributed by atoms with Crippen molar-refractivity contribution in [1.82, 2.24) is 0 Å². The van der Waals surface area contributed by atoms with Crippen LogP contribution in [0, 0.1) is 0 Å². The molecule has 0 fully saturated rings. The summed E-state index contributed by atoms with van der Waals surface area (Å²) in [6.07, 6.45) is 0. The first kappa shape index (κ1) is 76.9. The molecule has 0 aliphatic carbocycles. The molecule has 0 atom stereocenters. The third-order valence-electron chi connectivity index (χ3n) is 21.5. The summed E-state index contributed by atoms with van der Waals surface area (Å²) < 4.78 is 45.4. The van der Waals surface area contributed by atoms with Gasteiger partial charge in [-0.2, -0.15) is 0 Å². The molecular formula is C104H88N8O8. The summed E-state index contributed by atoms with van der Waals surface area (Å²) in [5, 5.41) is 0. The summed E-state index contributed by atoms with van der Waals surface area (Å²) in [6.45, 7) is 0. The molecule has 8 bridgehead atoms. The fourth-order valence-corrected chi connectivity index (χ4v) is 15.5. The maximum Gasteiger partial charge on any atom is 0.119 e. The van der Waals surface area contributed by atoms with Crippen molar-refractivity contribution in [2.45, 2.75) is 0 Å². The number of hydrogen-bond acceptors (Lipinski definition) is 16. The molecule has 0 radical (unpaired) electrons. The number of methoxy groups -OCH3 is 8. The van der Waals surface area contributed by atoms with Crippen molar-refractivity contribution < 1.29 is 37.9 Å². The summed E-state index contributed by atoms with van der Waals surface area (Å²) in [5.41, 5.74) is 22.3. The van der Waals surface area contributed by atoms with E-state index in [0.29, 0.717) is 0 Å². The predicted molar refractivity (Wildman–Crippen MR) is 490 cm³/mol. The highest BCUT2D eigenvalue weighted by Crippen LogP contribution is 2.51. The van der Waals surface area contributed by atoms with Crippen molar-refractivity contribution in [3.05, 3.63) is 388 Å². The van der Waals surface area contributed by atoms with Crippen LogP contribution in [0.2, 0.25) is 0 Å². The number of rotatable bonds is 24. The third-order valence-corrected chi connectivity index (χ3v) is 21.5. The lowest BCUT2D eigenvalue weighted by molar-refractivity contribution is 0.414. The van der Waals surface area contributed by atoms with E-state index in [2.05, 4.69) is 330 Å². The number of hydrogen-bond donors (Lipinski definition) is 0. The highest BCUT2D eigenvalue weighted by atomic mass is 16.5. The van der Waals surface area contributed by atoms with E-state index in [4.69, 9.17) is 37.9 Å². The van der Waals surface area contributed by atoms with Crippen LogP contribution in [0.4, 0.5) is 136 Å². The van der Waals surface area contributed by atoms with Crippen LogP contribution in [0.1, 0.15) is 0 Å². The topological polar surface area (TPSA) is 99.8 Å². The van der Waals surface area contributed by atoms with Crippen molar-refractivity contribution in [1.29, 1.82) is 0 Å². The van der Waals surface area contributed by atoms with Gasteiger partial charge in [0.2, 0.25) is 0 Å². The Hall–Kier alpha value is -15.7. The molecule has 592 valence electrons. The van der Waals surface area contributed by atoms with Crippen LogP contribution < -0.4 is 77.1 Å². The molecule has 120 heavy (non-hydrogen) atoms. The first-order valence-corrected chi connectivity index (χ1v) is 39.4. The second-order valence-corrected chi connectivity index (χ2v) is 28.4. The lowest BCUT2D eigenvalue weighted by atomic mass is 10.1. The molecule has 0 saturated heterocycles. The van der Waals surface area contributed by atoms with Crippen LogP contribution in [-0.2, 0) is 0 Å². The largest absolute Gasteiger partial charge is 0.497 e. The SMILES string of the molecule is COc1ccc(N(c2ccc(OC)cc2)c2ccc(N3c4cccc(c4)N(c4ccc(N(c5ccc(OC)cc5)c5ccc(OC)cc5)cc4)c4cccc(c4)N(c4ccc(N(c5ccc(OC)cc5)c5ccc(OC)cc5)cc4)c4cccc(c4)N(c4ccc(N(c5ccc(OC)cc5)c5ccc(OC)cc5)cc4)c4cccc3c4)cc2)cc1. The zero-order valence-corrected chi connectivity index (χ0v) is 67.8. The maximum atomic E-state index is 5.67. The Balaban J connectivity index is 0.868. The van der Waals surface area contributed by atoms with E-state index < -0.39 is 0 Å². The molecular weight excluding hydrogens is 1490 g/mol. The van der Waals surface area contributed by atoms with Crippen molar-refractivity contribution in [2.75, 3.05) is 96.1 Å². The van der Waals surface area contributed by atoms with Crippen LogP contribution in [0.15, 0.2) is 388 Å².